The fourth-order valence-electron chi connectivity index (χ4n) is 3.29. The molecule has 2 N–H and O–H groups in total. The van der Waals surface area contributed by atoms with Gasteiger partial charge in [0.15, 0.2) is 0 Å². The van der Waals surface area contributed by atoms with Crippen molar-refractivity contribution in [3.63, 3.8) is 0 Å². The number of aromatic hydroxyl groups is 1. The van der Waals surface area contributed by atoms with Crippen molar-refractivity contribution >= 4 is 5.71 Å². The molecule has 0 bridgehead atoms. The molecule has 0 unspecified atom stereocenters. The number of phenolic OH excluding ortho intramolecular Hbond substituents is 1. The molecule has 0 aromatic heterocycles. The van der Waals surface area contributed by atoms with Crippen LogP contribution in [-0.4, -0.2) is 10.8 Å². The second-order valence-corrected chi connectivity index (χ2v) is 6.24. The van der Waals surface area contributed by atoms with Gasteiger partial charge in [0.2, 0.25) is 0 Å². The van der Waals surface area contributed by atoms with Crippen molar-refractivity contribution in [1.29, 1.82) is 0 Å². The number of para-hydroxylation sites is 1. The van der Waals surface area contributed by atoms with Crippen LogP contribution in [0.25, 0.3) is 0 Å². The largest absolute Gasteiger partial charge is 0.507 e. The highest BCUT2D eigenvalue weighted by Crippen LogP contribution is 2.32. The van der Waals surface area contributed by atoms with Gasteiger partial charge in [-0.15, -0.1) is 0 Å². The molecule has 3 aromatic rings. The maximum atomic E-state index is 10.3. The van der Waals surface area contributed by atoms with Gasteiger partial charge in [-0.2, -0.15) is 0 Å². The van der Waals surface area contributed by atoms with Crippen LogP contribution in [0.5, 0.6) is 5.75 Å². The summed E-state index contributed by atoms with van der Waals surface area (Å²) in [5, 5.41) is 13.9. The van der Waals surface area contributed by atoms with Crippen LogP contribution in [0.4, 0.5) is 0 Å². The molecule has 0 spiro atoms. The van der Waals surface area contributed by atoms with E-state index in [2.05, 4.69) is 41.7 Å². The van der Waals surface area contributed by atoms with Crippen molar-refractivity contribution in [2.75, 3.05) is 0 Å². The number of nitrogens with zero attached hydrogens (tertiary/aromatic N) is 1. The molecule has 0 amide bonds. The fraction of sp³-hybridized carbons (Fsp3) is 0.136. The summed E-state index contributed by atoms with van der Waals surface area (Å²) in [5.74, 6) is 0.279. The average Bonchev–Trinajstić information content (AvgIpc) is 2.69. The van der Waals surface area contributed by atoms with Gasteiger partial charge >= 0.3 is 0 Å². The Morgan fingerprint density at radius 2 is 1.36 bits per heavy atom. The molecular weight excluding hydrogens is 308 g/mol. The maximum absolute atomic E-state index is 10.3. The summed E-state index contributed by atoms with van der Waals surface area (Å²) >= 11 is 0. The second kappa shape index (κ2) is 6.91. The lowest BCUT2D eigenvalue weighted by Crippen LogP contribution is -2.33. The zero-order chi connectivity index (χ0) is 17.1. The Labute approximate surface area is 147 Å². The molecule has 1 aliphatic rings. The smallest absolute Gasteiger partial charge is 0.126 e. The Morgan fingerprint density at radius 1 is 0.760 bits per heavy atom. The van der Waals surface area contributed by atoms with E-state index in [1.54, 1.807) is 6.07 Å². The lowest BCUT2D eigenvalue weighted by atomic mass is 9.93. The van der Waals surface area contributed by atoms with Gasteiger partial charge in [0.1, 0.15) is 11.9 Å². The third-order valence-electron chi connectivity index (χ3n) is 4.57. The van der Waals surface area contributed by atoms with Crippen LogP contribution in [0.1, 0.15) is 35.3 Å². The summed E-state index contributed by atoms with van der Waals surface area (Å²) < 4.78 is 0. The summed E-state index contributed by atoms with van der Waals surface area (Å²) in [7, 11) is 0. The lowest BCUT2D eigenvalue weighted by molar-refractivity contribution is 0.439. The first-order chi connectivity index (χ1) is 12.3. The van der Waals surface area contributed by atoms with E-state index in [4.69, 9.17) is 4.99 Å². The van der Waals surface area contributed by atoms with Gasteiger partial charge in [-0.25, -0.2) is 0 Å². The SMILES string of the molecule is Oc1ccccc1C1=N[C@H](c2ccccc2)N[C@H](c2ccccc2)C1. The Bertz CT molecular complexity index is 875. The quantitative estimate of drug-likeness (QED) is 0.737. The van der Waals surface area contributed by atoms with Gasteiger partial charge in [0.25, 0.3) is 0 Å². The van der Waals surface area contributed by atoms with Crippen molar-refractivity contribution in [3.05, 3.63) is 102 Å². The van der Waals surface area contributed by atoms with E-state index in [0.29, 0.717) is 0 Å². The fourth-order valence-corrected chi connectivity index (χ4v) is 3.29. The number of hydrogen-bond acceptors (Lipinski definition) is 3. The monoisotopic (exact) mass is 328 g/mol. The average molecular weight is 328 g/mol. The summed E-state index contributed by atoms with van der Waals surface area (Å²) in [6, 6.07) is 28.2. The van der Waals surface area contributed by atoms with E-state index in [-0.39, 0.29) is 18.0 Å². The molecule has 3 heteroatoms. The van der Waals surface area contributed by atoms with Crippen molar-refractivity contribution in [3.8, 4) is 5.75 Å². The van der Waals surface area contributed by atoms with E-state index >= 15 is 0 Å². The number of phenols is 1. The van der Waals surface area contributed by atoms with Crippen LogP contribution in [0.3, 0.4) is 0 Å². The normalized spacial score (nSPS) is 20.1. The van der Waals surface area contributed by atoms with Gasteiger partial charge in [-0.1, -0.05) is 72.8 Å². The number of aliphatic imine (C=N–C) groups is 1. The molecule has 25 heavy (non-hydrogen) atoms. The summed E-state index contributed by atoms with van der Waals surface area (Å²) in [5.41, 5.74) is 4.09. The van der Waals surface area contributed by atoms with Gasteiger partial charge in [0, 0.05) is 18.0 Å². The maximum Gasteiger partial charge on any atom is 0.126 e. The van der Waals surface area contributed by atoms with Crippen LogP contribution in [0.15, 0.2) is 89.9 Å². The van der Waals surface area contributed by atoms with Gasteiger partial charge in [-0.05, 0) is 23.3 Å². The minimum absolute atomic E-state index is 0.130. The van der Waals surface area contributed by atoms with Crippen LogP contribution in [0, 0.1) is 0 Å². The Hall–Kier alpha value is -2.91. The summed E-state index contributed by atoms with van der Waals surface area (Å²) in [6.07, 6.45) is 0.611. The van der Waals surface area contributed by atoms with Gasteiger partial charge in [0.05, 0.1) is 5.71 Å². The number of nitrogens with one attached hydrogen (secondary N) is 1. The first kappa shape index (κ1) is 15.6. The molecule has 3 aromatic carbocycles. The Kier molecular flexibility index (Phi) is 4.32. The highest BCUT2D eigenvalue weighted by molar-refractivity contribution is 6.03. The van der Waals surface area contributed by atoms with Crippen molar-refractivity contribution in [2.24, 2.45) is 4.99 Å². The minimum Gasteiger partial charge on any atom is -0.507 e. The highest BCUT2D eigenvalue weighted by Gasteiger charge is 2.26. The first-order valence-electron chi connectivity index (χ1n) is 8.52. The molecule has 0 aliphatic carbocycles. The van der Waals surface area contributed by atoms with Gasteiger partial charge < -0.3 is 5.11 Å². The van der Waals surface area contributed by atoms with Crippen LogP contribution >= 0.6 is 0 Å². The van der Waals surface area contributed by atoms with Crippen LogP contribution < -0.4 is 5.32 Å². The third-order valence-corrected chi connectivity index (χ3v) is 4.57. The molecule has 0 saturated carbocycles. The van der Waals surface area contributed by atoms with Crippen LogP contribution in [-0.2, 0) is 0 Å². The molecular formula is C22H20N2O. The van der Waals surface area contributed by atoms with E-state index in [9.17, 15) is 5.11 Å². The van der Waals surface area contributed by atoms with Crippen molar-refractivity contribution in [2.45, 2.75) is 18.6 Å². The summed E-state index contributed by atoms with van der Waals surface area (Å²) in [6.45, 7) is 0. The molecule has 2 atom stereocenters. The third kappa shape index (κ3) is 3.32. The molecule has 0 fully saturated rings. The molecule has 0 radical (unpaired) electrons. The molecule has 1 heterocycles. The molecule has 4 rings (SSSR count). The van der Waals surface area contributed by atoms with E-state index < -0.39 is 0 Å². The molecule has 3 nitrogen and oxygen atoms in total. The first-order valence-corrected chi connectivity index (χ1v) is 8.52. The highest BCUT2D eigenvalue weighted by atomic mass is 16.3. The van der Waals surface area contributed by atoms with Gasteiger partial charge in [-0.3, -0.25) is 10.3 Å². The molecule has 0 saturated heterocycles. The lowest BCUT2D eigenvalue weighted by Gasteiger charge is -2.30. The molecule has 124 valence electrons. The van der Waals surface area contributed by atoms with E-state index in [0.717, 1.165) is 23.3 Å². The molecule has 1 aliphatic heterocycles. The number of rotatable bonds is 3. The Balaban J connectivity index is 1.76. The second-order valence-electron chi connectivity index (χ2n) is 6.24. The standard InChI is InChI=1S/C22H20N2O/c25-21-14-8-7-13-18(21)20-15-19(16-9-3-1-4-10-16)23-22(24-20)17-11-5-2-6-12-17/h1-14,19,22-23,25H,15H2/t19-,22+/m0/s1. The van der Waals surface area contributed by atoms with E-state index in [1.165, 1.54) is 5.56 Å². The minimum atomic E-state index is -0.130. The van der Waals surface area contributed by atoms with Crippen molar-refractivity contribution in [1.82, 2.24) is 5.32 Å². The van der Waals surface area contributed by atoms with Crippen LogP contribution in [0.2, 0.25) is 0 Å². The number of benzene rings is 3. The predicted molar refractivity (Wildman–Crippen MR) is 101 cm³/mol. The van der Waals surface area contributed by atoms with Crippen molar-refractivity contribution < 1.29 is 5.11 Å². The topological polar surface area (TPSA) is 44.6 Å². The summed E-state index contributed by atoms with van der Waals surface area (Å²) in [4.78, 5) is 4.90. The number of hydrogen-bond donors (Lipinski definition) is 2. The zero-order valence-corrected chi connectivity index (χ0v) is 13.8. The predicted octanol–water partition coefficient (Wildman–Crippen LogP) is 4.61. The van der Waals surface area contributed by atoms with E-state index in [1.807, 2.05) is 42.5 Å². The zero-order valence-electron chi connectivity index (χ0n) is 13.8. The Morgan fingerprint density at radius 3 is 2.04 bits per heavy atom.